The van der Waals surface area contributed by atoms with Crippen molar-refractivity contribution >= 4 is 33.3 Å². The first kappa shape index (κ1) is 33.3. The van der Waals surface area contributed by atoms with E-state index in [2.05, 4.69) is 19.9 Å². The van der Waals surface area contributed by atoms with Crippen molar-refractivity contribution in [2.75, 3.05) is 29.4 Å². The van der Waals surface area contributed by atoms with Gasteiger partial charge in [0.05, 0.1) is 17.5 Å². The van der Waals surface area contributed by atoms with Crippen LogP contribution in [0.3, 0.4) is 0 Å². The minimum absolute atomic E-state index is 0.168. The molecule has 0 aliphatic carbocycles. The van der Waals surface area contributed by atoms with Gasteiger partial charge in [-0.15, -0.1) is 0 Å². The molecule has 0 radical (unpaired) electrons. The summed E-state index contributed by atoms with van der Waals surface area (Å²) in [6, 6.07) is 20.2. The van der Waals surface area contributed by atoms with Gasteiger partial charge in [0.1, 0.15) is 17.4 Å². The molecular formula is C33H34F2N6O5S. The quantitative estimate of drug-likeness (QED) is 0.197. The maximum absolute atomic E-state index is 14.6. The summed E-state index contributed by atoms with van der Waals surface area (Å²) >= 11 is 0. The summed E-state index contributed by atoms with van der Waals surface area (Å²) in [6.07, 6.45) is 4.11. The van der Waals surface area contributed by atoms with E-state index in [1.165, 1.54) is 0 Å². The van der Waals surface area contributed by atoms with E-state index in [4.69, 9.17) is 10.5 Å². The number of nitrogens with one attached hydrogen (secondary N) is 2. The summed E-state index contributed by atoms with van der Waals surface area (Å²) in [7, 11) is -3.37. The van der Waals surface area contributed by atoms with Crippen LogP contribution in [0.4, 0.5) is 25.0 Å². The third-order valence-corrected chi connectivity index (χ3v) is 8.21. The Morgan fingerprint density at radius 1 is 0.979 bits per heavy atom. The number of sulfonamides is 1. The van der Waals surface area contributed by atoms with Crippen molar-refractivity contribution in [3.05, 3.63) is 113 Å². The van der Waals surface area contributed by atoms with Crippen molar-refractivity contribution in [2.24, 2.45) is 5.73 Å². The molecule has 1 aromatic heterocycles. The van der Waals surface area contributed by atoms with Crippen molar-refractivity contribution < 1.29 is 31.5 Å². The summed E-state index contributed by atoms with van der Waals surface area (Å²) in [5.74, 6) is -2.29. The van der Waals surface area contributed by atoms with Crippen molar-refractivity contribution in [1.29, 1.82) is 0 Å². The van der Waals surface area contributed by atoms with Gasteiger partial charge in [-0.05, 0) is 54.3 Å². The minimum atomic E-state index is -3.37. The summed E-state index contributed by atoms with van der Waals surface area (Å²) in [4.78, 5) is 33.4. The smallest absolute Gasteiger partial charge is 0.322 e. The molecule has 246 valence electrons. The van der Waals surface area contributed by atoms with Crippen LogP contribution >= 0.6 is 0 Å². The average Bonchev–Trinajstić information content (AvgIpc) is 3.03. The number of rotatable bonds is 11. The predicted octanol–water partition coefficient (Wildman–Crippen LogP) is 5.32. The number of pyridine rings is 1. The zero-order valence-electron chi connectivity index (χ0n) is 25.5. The molecule has 47 heavy (non-hydrogen) atoms. The van der Waals surface area contributed by atoms with Crippen LogP contribution in [0.25, 0.3) is 0 Å². The number of carbonyl (C=O) groups is 2. The van der Waals surface area contributed by atoms with E-state index in [1.54, 1.807) is 41.4 Å². The van der Waals surface area contributed by atoms with Crippen LogP contribution in [-0.4, -0.2) is 60.5 Å². The van der Waals surface area contributed by atoms with Gasteiger partial charge in [-0.3, -0.25) is 14.4 Å². The largest absolute Gasteiger partial charge is 0.439 e. The van der Waals surface area contributed by atoms with Gasteiger partial charge in [0, 0.05) is 56.2 Å². The van der Waals surface area contributed by atoms with Gasteiger partial charge in [-0.2, -0.15) is 0 Å². The average molecular weight is 665 g/mol. The van der Waals surface area contributed by atoms with Gasteiger partial charge in [-0.25, -0.2) is 27.0 Å². The normalized spacial score (nSPS) is 13.9. The zero-order valence-corrected chi connectivity index (χ0v) is 26.3. The molecular weight excluding hydrogens is 630 g/mol. The molecule has 0 saturated carbocycles. The third kappa shape index (κ3) is 9.24. The number of amides is 3. The SMILES string of the molecule is CS(=O)(=O)Nc1ccc(Oc2ccc(CN3CCC(N(Cc4ccccc4)C(=O)Nc4cc(C(N)=O)c(F)cc4F)CC3)cn2)cc1. The summed E-state index contributed by atoms with van der Waals surface area (Å²) < 4.78 is 59.6. The summed E-state index contributed by atoms with van der Waals surface area (Å²) in [5.41, 5.74) is 6.65. The molecule has 11 nitrogen and oxygen atoms in total. The van der Waals surface area contributed by atoms with Crippen molar-refractivity contribution in [3.8, 4) is 11.6 Å². The van der Waals surface area contributed by atoms with Crippen molar-refractivity contribution in [3.63, 3.8) is 0 Å². The first-order valence-electron chi connectivity index (χ1n) is 14.8. The molecule has 0 spiro atoms. The van der Waals surface area contributed by atoms with Gasteiger partial charge < -0.3 is 20.7 Å². The number of carbonyl (C=O) groups excluding carboxylic acids is 2. The maximum Gasteiger partial charge on any atom is 0.322 e. The number of primary amides is 1. The fourth-order valence-electron chi connectivity index (χ4n) is 5.31. The predicted molar refractivity (Wildman–Crippen MR) is 173 cm³/mol. The Morgan fingerprint density at radius 3 is 2.30 bits per heavy atom. The Morgan fingerprint density at radius 2 is 1.68 bits per heavy atom. The minimum Gasteiger partial charge on any atom is -0.439 e. The van der Waals surface area contributed by atoms with Crippen LogP contribution in [0, 0.1) is 11.6 Å². The second-order valence-corrected chi connectivity index (χ2v) is 13.0. The van der Waals surface area contributed by atoms with E-state index in [9.17, 15) is 26.8 Å². The standard InChI is InChI=1S/C33H34F2N6O5S/c1-47(44,45)39-24-8-10-26(11-9-24)46-31-12-7-23(19-37-31)20-40-15-13-25(14-16-40)41(21-22-5-3-2-4-6-22)33(43)38-30-17-27(32(36)42)28(34)18-29(30)35/h2-12,17-19,25,39H,13-16,20-21H2,1H3,(H2,36,42)(H,38,43). The highest BCUT2D eigenvalue weighted by molar-refractivity contribution is 7.92. The zero-order chi connectivity index (χ0) is 33.6. The number of nitrogens with two attached hydrogens (primary N) is 1. The maximum atomic E-state index is 14.6. The molecule has 1 aliphatic rings. The molecule has 14 heteroatoms. The second-order valence-electron chi connectivity index (χ2n) is 11.2. The van der Waals surface area contributed by atoms with E-state index in [-0.39, 0.29) is 18.3 Å². The van der Waals surface area contributed by atoms with E-state index in [0.29, 0.717) is 55.9 Å². The van der Waals surface area contributed by atoms with Gasteiger partial charge in [0.2, 0.25) is 15.9 Å². The fourth-order valence-corrected chi connectivity index (χ4v) is 5.87. The van der Waals surface area contributed by atoms with Gasteiger partial charge in [0.25, 0.3) is 5.91 Å². The highest BCUT2D eigenvalue weighted by Gasteiger charge is 2.29. The lowest BCUT2D eigenvalue weighted by Crippen LogP contribution is -2.48. The Bertz CT molecular complexity index is 1820. The summed E-state index contributed by atoms with van der Waals surface area (Å²) in [6.45, 7) is 2.27. The molecule has 3 amide bonds. The van der Waals surface area contributed by atoms with Crippen molar-refractivity contribution in [1.82, 2.24) is 14.8 Å². The number of halogens is 2. The number of piperidine rings is 1. The van der Waals surface area contributed by atoms with Crippen molar-refractivity contribution in [2.45, 2.75) is 32.0 Å². The Balaban J connectivity index is 1.20. The first-order chi connectivity index (χ1) is 22.4. The lowest BCUT2D eigenvalue weighted by atomic mass is 10.0. The van der Waals surface area contributed by atoms with E-state index >= 15 is 0 Å². The van der Waals surface area contributed by atoms with Crippen LogP contribution < -0.4 is 20.5 Å². The number of urea groups is 1. The third-order valence-electron chi connectivity index (χ3n) is 7.60. The van der Waals surface area contributed by atoms with Crippen LogP contribution in [0.1, 0.15) is 34.3 Å². The lowest BCUT2D eigenvalue weighted by Gasteiger charge is -2.38. The number of nitrogens with zero attached hydrogens (tertiary/aromatic N) is 3. The molecule has 0 unspecified atom stereocenters. The molecule has 4 N–H and O–H groups in total. The van der Waals surface area contributed by atoms with Crippen LogP contribution in [0.2, 0.25) is 0 Å². The molecule has 0 atom stereocenters. The number of ether oxygens (including phenoxy) is 1. The van der Waals surface area contributed by atoms with E-state index < -0.39 is 39.2 Å². The molecule has 0 bridgehead atoms. The van der Waals surface area contributed by atoms with Crippen LogP contribution in [0.5, 0.6) is 11.6 Å². The highest BCUT2D eigenvalue weighted by Crippen LogP contribution is 2.26. The molecule has 2 heterocycles. The lowest BCUT2D eigenvalue weighted by molar-refractivity contribution is 0.0996. The van der Waals surface area contributed by atoms with Gasteiger partial charge >= 0.3 is 6.03 Å². The molecule has 5 rings (SSSR count). The highest BCUT2D eigenvalue weighted by atomic mass is 32.2. The summed E-state index contributed by atoms with van der Waals surface area (Å²) in [5, 5.41) is 2.51. The van der Waals surface area contributed by atoms with Gasteiger partial charge in [-0.1, -0.05) is 36.4 Å². The number of benzene rings is 3. The number of hydrogen-bond acceptors (Lipinski definition) is 7. The molecule has 1 fully saturated rings. The van der Waals surface area contributed by atoms with E-state index in [1.807, 2.05) is 36.4 Å². The number of hydrogen-bond donors (Lipinski definition) is 3. The number of aromatic nitrogens is 1. The topological polar surface area (TPSA) is 147 Å². The van der Waals surface area contributed by atoms with Gasteiger partial charge in [0.15, 0.2) is 0 Å². The Kier molecular flexibility index (Phi) is 10.3. The molecule has 1 aliphatic heterocycles. The molecule has 3 aromatic carbocycles. The fraction of sp³-hybridized carbons (Fsp3) is 0.242. The number of likely N-dealkylation sites (tertiary alicyclic amines) is 1. The second kappa shape index (κ2) is 14.6. The van der Waals surface area contributed by atoms with Crippen LogP contribution in [0.15, 0.2) is 85.1 Å². The number of anilines is 2. The molecule has 1 saturated heterocycles. The Hall–Kier alpha value is -5.08. The van der Waals surface area contributed by atoms with Crippen LogP contribution in [-0.2, 0) is 23.1 Å². The first-order valence-corrected chi connectivity index (χ1v) is 16.7. The van der Waals surface area contributed by atoms with E-state index in [0.717, 1.165) is 23.4 Å². The Labute approximate surface area is 271 Å². The molecule has 4 aromatic rings. The monoisotopic (exact) mass is 664 g/mol.